The molecule has 0 saturated heterocycles. The van der Waals surface area contributed by atoms with Crippen LogP contribution in [0.15, 0.2) is 64.4 Å². The highest BCUT2D eigenvalue weighted by atomic mass is 32.2. The van der Waals surface area contributed by atoms with Crippen molar-refractivity contribution in [2.45, 2.75) is 37.8 Å². The molecule has 0 fully saturated rings. The van der Waals surface area contributed by atoms with Crippen LogP contribution in [0, 0.1) is 29.6 Å². The molecule has 0 amide bonds. The maximum absolute atomic E-state index is 13.7. The first kappa shape index (κ1) is 24.8. The largest absolute Gasteiger partial charge is 0.418 e. The van der Waals surface area contributed by atoms with Crippen LogP contribution in [0.5, 0.6) is 0 Å². The van der Waals surface area contributed by atoms with E-state index in [-0.39, 0.29) is 22.1 Å². The average molecular weight is 484 g/mol. The summed E-state index contributed by atoms with van der Waals surface area (Å²) in [7, 11) is -4.26. The second-order valence-corrected chi connectivity index (χ2v) is 9.80. The van der Waals surface area contributed by atoms with Gasteiger partial charge in [0.2, 0.25) is 9.84 Å². The molecule has 0 atom stereocenters. The summed E-state index contributed by atoms with van der Waals surface area (Å²) in [4.78, 5) is -0.801. The number of para-hydroxylation sites is 1. The first-order valence-corrected chi connectivity index (χ1v) is 11.7. The van der Waals surface area contributed by atoms with Crippen molar-refractivity contribution in [3.63, 3.8) is 0 Å². The number of hydrogen-bond donors (Lipinski definition) is 0. The van der Waals surface area contributed by atoms with E-state index in [0.717, 1.165) is 18.2 Å². The molecular formula is C25H20F3N3O2S. The lowest BCUT2D eigenvalue weighted by Crippen LogP contribution is -2.13. The fourth-order valence-electron chi connectivity index (χ4n) is 3.62. The lowest BCUT2D eigenvalue weighted by molar-refractivity contribution is -0.137. The molecule has 34 heavy (non-hydrogen) atoms. The zero-order valence-corrected chi connectivity index (χ0v) is 19.4. The second kappa shape index (κ2) is 9.20. The minimum atomic E-state index is -4.59. The van der Waals surface area contributed by atoms with E-state index in [9.17, 15) is 26.9 Å². The molecule has 3 aromatic rings. The molecule has 0 unspecified atom stereocenters. The van der Waals surface area contributed by atoms with Gasteiger partial charge in [-0.05, 0) is 60.9 Å². The highest BCUT2D eigenvalue weighted by molar-refractivity contribution is 7.95. The predicted molar refractivity (Wildman–Crippen MR) is 122 cm³/mol. The molecule has 0 aliphatic heterocycles. The topological polar surface area (TPSA) is 86.7 Å². The van der Waals surface area contributed by atoms with Crippen LogP contribution in [0.3, 0.4) is 0 Å². The molecule has 1 aromatic heterocycles. The van der Waals surface area contributed by atoms with Crippen molar-refractivity contribution in [1.29, 1.82) is 10.5 Å². The molecule has 1 heterocycles. The zero-order valence-electron chi connectivity index (χ0n) is 18.6. The van der Waals surface area contributed by atoms with E-state index >= 15 is 0 Å². The summed E-state index contributed by atoms with van der Waals surface area (Å²) < 4.78 is 68.7. The Morgan fingerprint density at radius 1 is 1.06 bits per heavy atom. The summed E-state index contributed by atoms with van der Waals surface area (Å²) in [5.74, 6) is -0.198. The standard InChI is InChI=1S/C25H20F3N3O2S/c1-16(2)24-13-19(17(3)31(24)23-10-5-4-9-22(23)25(26,27)28)12-21(15-30)34(32,33)20-8-6-7-18(11-20)14-29/h4-13,16H,1-3H3/b21-12+. The molecule has 0 aliphatic rings. The molecule has 3 rings (SSSR count). The molecule has 0 spiro atoms. The Labute approximate surface area is 195 Å². The van der Waals surface area contributed by atoms with Gasteiger partial charge in [-0.3, -0.25) is 0 Å². The quantitative estimate of drug-likeness (QED) is 0.408. The SMILES string of the molecule is Cc1c(/C=C(\C#N)S(=O)(=O)c2cccc(C#N)c2)cc(C(C)C)n1-c1ccccc1C(F)(F)F. The first-order valence-electron chi connectivity index (χ1n) is 10.2. The van der Waals surface area contributed by atoms with Gasteiger partial charge in [0.05, 0.1) is 27.8 Å². The minimum absolute atomic E-state index is 0.0843. The number of sulfone groups is 1. The van der Waals surface area contributed by atoms with Gasteiger partial charge in [0, 0.05) is 11.4 Å². The highest BCUT2D eigenvalue weighted by Crippen LogP contribution is 2.37. The number of allylic oxidation sites excluding steroid dienone is 1. The molecule has 0 N–H and O–H groups in total. The van der Waals surface area contributed by atoms with E-state index in [1.54, 1.807) is 19.1 Å². The molecule has 2 aromatic carbocycles. The summed E-state index contributed by atoms with van der Waals surface area (Å²) in [6, 6.07) is 15.5. The van der Waals surface area contributed by atoms with Gasteiger partial charge >= 0.3 is 6.18 Å². The zero-order chi connectivity index (χ0) is 25.3. The maximum Gasteiger partial charge on any atom is 0.418 e. The van der Waals surface area contributed by atoms with Crippen LogP contribution in [0.1, 0.15) is 47.8 Å². The van der Waals surface area contributed by atoms with Gasteiger partial charge < -0.3 is 4.57 Å². The number of halogens is 3. The van der Waals surface area contributed by atoms with Crippen molar-refractivity contribution in [3.8, 4) is 17.8 Å². The number of rotatable bonds is 5. The first-order chi connectivity index (χ1) is 15.9. The van der Waals surface area contributed by atoms with Crippen molar-refractivity contribution in [3.05, 3.63) is 87.6 Å². The fraction of sp³-hybridized carbons (Fsp3) is 0.200. The number of nitriles is 2. The Morgan fingerprint density at radius 3 is 2.32 bits per heavy atom. The van der Waals surface area contributed by atoms with Gasteiger partial charge in [0.15, 0.2) is 0 Å². The number of nitrogens with zero attached hydrogens (tertiary/aromatic N) is 3. The minimum Gasteiger partial charge on any atom is -0.317 e. The third kappa shape index (κ3) is 4.61. The van der Waals surface area contributed by atoms with Crippen molar-refractivity contribution in [2.24, 2.45) is 0 Å². The van der Waals surface area contributed by atoms with Gasteiger partial charge in [-0.25, -0.2) is 8.42 Å². The van der Waals surface area contributed by atoms with E-state index in [0.29, 0.717) is 17.0 Å². The maximum atomic E-state index is 13.7. The highest BCUT2D eigenvalue weighted by Gasteiger charge is 2.34. The van der Waals surface area contributed by atoms with Crippen molar-refractivity contribution < 1.29 is 21.6 Å². The predicted octanol–water partition coefficient (Wildman–Crippen LogP) is 6.14. The number of alkyl halides is 3. The van der Waals surface area contributed by atoms with Crippen molar-refractivity contribution >= 4 is 15.9 Å². The summed E-state index contributed by atoms with van der Waals surface area (Å²) in [5, 5.41) is 18.7. The normalized spacial score (nSPS) is 12.4. The molecule has 174 valence electrons. The van der Waals surface area contributed by atoms with Crippen LogP contribution >= 0.6 is 0 Å². The molecule has 0 radical (unpaired) electrons. The Morgan fingerprint density at radius 2 is 1.74 bits per heavy atom. The van der Waals surface area contributed by atoms with Crippen molar-refractivity contribution in [2.75, 3.05) is 0 Å². The fourth-order valence-corrected chi connectivity index (χ4v) is 4.82. The Hall–Kier alpha value is -3.82. The van der Waals surface area contributed by atoms with Crippen LogP contribution in [0.25, 0.3) is 11.8 Å². The van der Waals surface area contributed by atoms with Gasteiger partial charge in [-0.1, -0.05) is 32.0 Å². The smallest absolute Gasteiger partial charge is 0.317 e. The van der Waals surface area contributed by atoms with Gasteiger partial charge in [0.25, 0.3) is 0 Å². The van der Waals surface area contributed by atoms with Gasteiger partial charge in [-0.2, -0.15) is 23.7 Å². The van der Waals surface area contributed by atoms with Crippen LogP contribution in [0.2, 0.25) is 0 Å². The molecular weight excluding hydrogens is 463 g/mol. The van der Waals surface area contributed by atoms with E-state index in [1.165, 1.54) is 41.0 Å². The lowest BCUT2D eigenvalue weighted by Gasteiger charge is -2.19. The number of hydrogen-bond acceptors (Lipinski definition) is 4. The van der Waals surface area contributed by atoms with Crippen molar-refractivity contribution in [1.82, 2.24) is 4.57 Å². The Balaban J connectivity index is 2.25. The monoisotopic (exact) mass is 483 g/mol. The molecule has 9 heteroatoms. The summed E-state index contributed by atoms with van der Waals surface area (Å²) in [6.07, 6.45) is -3.44. The summed E-state index contributed by atoms with van der Waals surface area (Å²) in [6.45, 7) is 5.19. The summed E-state index contributed by atoms with van der Waals surface area (Å²) >= 11 is 0. The summed E-state index contributed by atoms with van der Waals surface area (Å²) in [5.41, 5.74) is 0.394. The van der Waals surface area contributed by atoms with E-state index < -0.39 is 26.5 Å². The van der Waals surface area contributed by atoms with Crippen LogP contribution < -0.4 is 0 Å². The Bertz CT molecular complexity index is 1470. The third-order valence-corrected chi connectivity index (χ3v) is 6.98. The Kier molecular flexibility index (Phi) is 6.72. The number of aromatic nitrogens is 1. The third-order valence-electron chi connectivity index (χ3n) is 5.32. The molecule has 0 aliphatic carbocycles. The van der Waals surface area contributed by atoms with Gasteiger partial charge in [0.1, 0.15) is 11.0 Å². The number of benzene rings is 2. The second-order valence-electron chi connectivity index (χ2n) is 7.88. The van der Waals surface area contributed by atoms with Crippen LogP contribution in [-0.2, 0) is 16.0 Å². The molecule has 0 bridgehead atoms. The molecule has 5 nitrogen and oxygen atoms in total. The van der Waals surface area contributed by atoms with Gasteiger partial charge in [-0.15, -0.1) is 0 Å². The average Bonchev–Trinajstić information content (AvgIpc) is 3.12. The van der Waals surface area contributed by atoms with Crippen LogP contribution in [0.4, 0.5) is 13.2 Å². The van der Waals surface area contributed by atoms with Crippen LogP contribution in [-0.4, -0.2) is 13.0 Å². The van der Waals surface area contributed by atoms with E-state index in [1.807, 2.05) is 19.9 Å². The molecule has 0 saturated carbocycles. The van der Waals surface area contributed by atoms with E-state index in [4.69, 9.17) is 5.26 Å². The lowest BCUT2D eigenvalue weighted by atomic mass is 10.1. The van der Waals surface area contributed by atoms with E-state index in [2.05, 4.69) is 0 Å².